The Morgan fingerprint density at radius 3 is 2.73 bits per heavy atom. The fourth-order valence-electron chi connectivity index (χ4n) is 1.70. The summed E-state index contributed by atoms with van der Waals surface area (Å²) < 4.78 is 0. The molecule has 0 bridgehead atoms. The predicted molar refractivity (Wildman–Crippen MR) is 65.3 cm³/mol. The molecule has 0 aromatic heterocycles. The van der Waals surface area contributed by atoms with Crippen LogP contribution in [0.2, 0.25) is 0 Å². The largest absolute Gasteiger partial charge is 0.332 e. The number of carbonyl (C=O) groups is 1. The van der Waals surface area contributed by atoms with E-state index in [0.717, 1.165) is 26.1 Å². The van der Waals surface area contributed by atoms with E-state index in [9.17, 15) is 4.79 Å². The number of piperazine rings is 1. The maximum Gasteiger partial charge on any atom is 0.246 e. The fraction of sp³-hybridized carbons (Fsp3) is 0.727. The molecule has 1 rings (SSSR count). The summed E-state index contributed by atoms with van der Waals surface area (Å²) in [7, 11) is 0. The van der Waals surface area contributed by atoms with Gasteiger partial charge in [0, 0.05) is 19.6 Å². The van der Waals surface area contributed by atoms with Gasteiger partial charge in [0.2, 0.25) is 5.91 Å². The molecule has 0 spiro atoms. The molecule has 0 radical (unpaired) electrons. The van der Waals surface area contributed by atoms with E-state index in [2.05, 4.69) is 19.2 Å². The van der Waals surface area contributed by atoms with Gasteiger partial charge in [-0.15, -0.1) is 12.4 Å². The molecule has 1 heterocycles. The van der Waals surface area contributed by atoms with Crippen molar-refractivity contribution in [3.05, 3.63) is 12.2 Å². The number of allylic oxidation sites excluding steroid dienone is 1. The lowest BCUT2D eigenvalue weighted by Crippen LogP contribution is -2.59. The molecule has 0 aromatic rings. The van der Waals surface area contributed by atoms with Gasteiger partial charge < -0.3 is 10.2 Å². The summed E-state index contributed by atoms with van der Waals surface area (Å²) in [5.41, 5.74) is -0.0621. The second kappa shape index (κ2) is 6.13. The molecule has 4 heteroatoms. The lowest BCUT2D eigenvalue weighted by Gasteiger charge is -2.42. The van der Waals surface area contributed by atoms with E-state index in [1.54, 1.807) is 6.08 Å². The normalized spacial score (nSPS) is 20.1. The lowest BCUT2D eigenvalue weighted by atomic mass is 10.00. The Hall–Kier alpha value is -0.540. The van der Waals surface area contributed by atoms with Crippen molar-refractivity contribution in [1.82, 2.24) is 10.2 Å². The highest BCUT2D eigenvalue weighted by molar-refractivity contribution is 5.88. The summed E-state index contributed by atoms with van der Waals surface area (Å²) in [5.74, 6) is 0.137. The minimum Gasteiger partial charge on any atom is -0.332 e. The van der Waals surface area contributed by atoms with Crippen molar-refractivity contribution >= 4 is 18.3 Å². The highest BCUT2D eigenvalue weighted by atomic mass is 35.5. The molecule has 0 unspecified atom stereocenters. The molecule has 0 aliphatic carbocycles. The summed E-state index contributed by atoms with van der Waals surface area (Å²) in [6.45, 7) is 8.80. The number of halogens is 1. The van der Waals surface area contributed by atoms with Crippen molar-refractivity contribution in [2.45, 2.75) is 32.7 Å². The minimum absolute atomic E-state index is 0. The van der Waals surface area contributed by atoms with Gasteiger partial charge in [0.1, 0.15) is 0 Å². The van der Waals surface area contributed by atoms with E-state index >= 15 is 0 Å². The highest BCUT2D eigenvalue weighted by Gasteiger charge is 2.31. The third-order valence-corrected chi connectivity index (χ3v) is 2.56. The first-order chi connectivity index (χ1) is 6.58. The first-order valence-corrected chi connectivity index (χ1v) is 5.27. The zero-order valence-electron chi connectivity index (χ0n) is 9.75. The van der Waals surface area contributed by atoms with Gasteiger partial charge >= 0.3 is 0 Å². The predicted octanol–water partition coefficient (Wildman–Crippen LogP) is 1.58. The van der Waals surface area contributed by atoms with Crippen LogP contribution in [-0.2, 0) is 4.79 Å². The van der Waals surface area contributed by atoms with Gasteiger partial charge in [-0.05, 0) is 26.3 Å². The van der Waals surface area contributed by atoms with Gasteiger partial charge in [-0.25, -0.2) is 0 Å². The van der Waals surface area contributed by atoms with Crippen molar-refractivity contribution < 1.29 is 4.79 Å². The van der Waals surface area contributed by atoms with Crippen LogP contribution >= 0.6 is 12.4 Å². The number of rotatable bonds is 2. The van der Waals surface area contributed by atoms with Crippen LogP contribution in [-0.4, -0.2) is 36.0 Å². The van der Waals surface area contributed by atoms with Crippen LogP contribution in [0.3, 0.4) is 0 Å². The molecule has 1 aliphatic heterocycles. The molecule has 15 heavy (non-hydrogen) atoms. The molecule has 88 valence electrons. The molecule has 3 nitrogen and oxygen atoms in total. The van der Waals surface area contributed by atoms with Gasteiger partial charge in [-0.1, -0.05) is 13.0 Å². The van der Waals surface area contributed by atoms with Crippen molar-refractivity contribution in [3.63, 3.8) is 0 Å². The summed E-state index contributed by atoms with van der Waals surface area (Å²) in [6, 6.07) is 0. The molecule has 1 amide bonds. The summed E-state index contributed by atoms with van der Waals surface area (Å²) in [4.78, 5) is 13.7. The quantitative estimate of drug-likeness (QED) is 0.734. The van der Waals surface area contributed by atoms with Crippen molar-refractivity contribution in [3.8, 4) is 0 Å². The number of hydrogen-bond donors (Lipinski definition) is 1. The Morgan fingerprint density at radius 2 is 2.20 bits per heavy atom. The number of carbonyl (C=O) groups excluding carboxylic acids is 1. The Kier molecular flexibility index (Phi) is 5.91. The Bertz CT molecular complexity index is 239. The Labute approximate surface area is 98.3 Å². The molecule has 0 atom stereocenters. The van der Waals surface area contributed by atoms with Gasteiger partial charge in [-0.2, -0.15) is 0 Å². The number of amides is 1. The Balaban J connectivity index is 0.00000196. The van der Waals surface area contributed by atoms with Crippen LogP contribution in [0.25, 0.3) is 0 Å². The van der Waals surface area contributed by atoms with E-state index in [4.69, 9.17) is 0 Å². The standard InChI is InChI=1S/C11H20N2O.ClH/c1-4-5-6-10(14)13-8-7-12-9-11(13,2)3;/h5-6,12H,4,7-9H2,1-3H3;1H/b6-5+;. The molecule has 1 saturated heterocycles. The van der Waals surface area contributed by atoms with Crippen molar-refractivity contribution in [2.24, 2.45) is 0 Å². The molecular weight excluding hydrogens is 212 g/mol. The summed E-state index contributed by atoms with van der Waals surface area (Å²) >= 11 is 0. The third-order valence-electron chi connectivity index (χ3n) is 2.56. The van der Waals surface area contributed by atoms with Crippen LogP contribution < -0.4 is 5.32 Å². The minimum atomic E-state index is -0.0621. The fourth-order valence-corrected chi connectivity index (χ4v) is 1.70. The average molecular weight is 233 g/mol. The van der Waals surface area contributed by atoms with E-state index < -0.39 is 0 Å². The molecule has 1 N–H and O–H groups in total. The van der Waals surface area contributed by atoms with Crippen LogP contribution in [0.15, 0.2) is 12.2 Å². The number of nitrogens with one attached hydrogen (secondary N) is 1. The van der Waals surface area contributed by atoms with E-state index in [1.807, 2.05) is 17.9 Å². The molecule has 1 aliphatic rings. The number of nitrogens with zero attached hydrogens (tertiary/aromatic N) is 1. The van der Waals surface area contributed by atoms with E-state index in [-0.39, 0.29) is 23.9 Å². The average Bonchev–Trinajstić information content (AvgIpc) is 2.13. The Morgan fingerprint density at radius 1 is 1.53 bits per heavy atom. The topological polar surface area (TPSA) is 32.3 Å². The first-order valence-electron chi connectivity index (χ1n) is 5.27. The molecule has 0 saturated carbocycles. The van der Waals surface area contributed by atoms with E-state index in [0.29, 0.717) is 0 Å². The van der Waals surface area contributed by atoms with Crippen LogP contribution in [0.1, 0.15) is 27.2 Å². The van der Waals surface area contributed by atoms with Crippen molar-refractivity contribution in [2.75, 3.05) is 19.6 Å². The van der Waals surface area contributed by atoms with Gasteiger partial charge in [-0.3, -0.25) is 4.79 Å². The van der Waals surface area contributed by atoms with Gasteiger partial charge in [0.15, 0.2) is 0 Å². The third kappa shape index (κ3) is 3.84. The van der Waals surface area contributed by atoms with Crippen LogP contribution in [0.4, 0.5) is 0 Å². The van der Waals surface area contributed by atoms with E-state index in [1.165, 1.54) is 0 Å². The second-order valence-corrected chi connectivity index (χ2v) is 4.29. The smallest absolute Gasteiger partial charge is 0.246 e. The SMILES string of the molecule is CC/C=C/C(=O)N1CCNCC1(C)C.Cl. The van der Waals surface area contributed by atoms with Crippen LogP contribution in [0.5, 0.6) is 0 Å². The monoisotopic (exact) mass is 232 g/mol. The first kappa shape index (κ1) is 14.5. The second-order valence-electron chi connectivity index (χ2n) is 4.29. The molecule has 1 fully saturated rings. The maximum absolute atomic E-state index is 11.8. The molecular formula is C11H21ClN2O. The maximum atomic E-state index is 11.8. The molecule has 0 aromatic carbocycles. The highest BCUT2D eigenvalue weighted by Crippen LogP contribution is 2.16. The van der Waals surface area contributed by atoms with Gasteiger partial charge in [0.25, 0.3) is 0 Å². The summed E-state index contributed by atoms with van der Waals surface area (Å²) in [6.07, 6.45) is 4.52. The summed E-state index contributed by atoms with van der Waals surface area (Å²) in [5, 5.41) is 3.30. The lowest BCUT2D eigenvalue weighted by molar-refractivity contribution is -0.132. The number of hydrogen-bond acceptors (Lipinski definition) is 2. The zero-order chi connectivity index (χ0) is 10.6. The van der Waals surface area contributed by atoms with Crippen LogP contribution in [0, 0.1) is 0 Å². The zero-order valence-corrected chi connectivity index (χ0v) is 10.6. The van der Waals surface area contributed by atoms with Crippen molar-refractivity contribution in [1.29, 1.82) is 0 Å². The van der Waals surface area contributed by atoms with Gasteiger partial charge in [0.05, 0.1) is 5.54 Å².